The zero-order chi connectivity index (χ0) is 19.5. The van der Waals surface area contributed by atoms with Crippen LogP contribution in [0.1, 0.15) is 23.2 Å². The number of rotatable bonds is 4. The summed E-state index contributed by atoms with van der Waals surface area (Å²) < 4.78 is 5.39. The quantitative estimate of drug-likeness (QED) is 0.691. The van der Waals surface area contributed by atoms with Crippen LogP contribution in [-0.2, 0) is 9.53 Å². The Morgan fingerprint density at radius 3 is 2.82 bits per heavy atom. The van der Waals surface area contributed by atoms with Crippen LogP contribution in [0.3, 0.4) is 0 Å². The van der Waals surface area contributed by atoms with Crippen molar-refractivity contribution in [3.63, 3.8) is 0 Å². The summed E-state index contributed by atoms with van der Waals surface area (Å²) in [5.41, 5.74) is 2.22. The van der Waals surface area contributed by atoms with Crippen molar-refractivity contribution in [3.8, 4) is 0 Å². The Hall–Kier alpha value is -2.96. The molecular formula is C21H18ClN3O3. The third-order valence-corrected chi connectivity index (χ3v) is 4.89. The molecule has 28 heavy (non-hydrogen) atoms. The minimum Gasteiger partial charge on any atom is -0.368 e. The SMILES string of the molecule is O=C(Nc1ccc(Cl)c2ncccc12)c1cccc(NC(=O)C2CCCO2)c1. The maximum Gasteiger partial charge on any atom is 0.255 e. The Balaban J connectivity index is 1.53. The molecule has 2 N–H and O–H groups in total. The number of hydrogen-bond donors (Lipinski definition) is 2. The topological polar surface area (TPSA) is 80.3 Å². The van der Waals surface area contributed by atoms with Gasteiger partial charge >= 0.3 is 0 Å². The molecule has 1 unspecified atom stereocenters. The first-order valence-electron chi connectivity index (χ1n) is 8.99. The van der Waals surface area contributed by atoms with Gasteiger partial charge in [-0.25, -0.2) is 0 Å². The van der Waals surface area contributed by atoms with E-state index in [-0.39, 0.29) is 11.8 Å². The third kappa shape index (κ3) is 3.83. The van der Waals surface area contributed by atoms with E-state index in [1.54, 1.807) is 48.7 Å². The lowest BCUT2D eigenvalue weighted by atomic mass is 10.1. The summed E-state index contributed by atoms with van der Waals surface area (Å²) in [5.74, 6) is -0.481. The Bertz CT molecular complexity index is 1050. The number of benzene rings is 2. The molecule has 3 aromatic rings. The number of anilines is 2. The molecule has 142 valence electrons. The number of carbonyl (C=O) groups excluding carboxylic acids is 2. The van der Waals surface area contributed by atoms with Crippen LogP contribution in [-0.4, -0.2) is 29.5 Å². The van der Waals surface area contributed by atoms with Gasteiger partial charge in [0, 0.05) is 29.4 Å². The number of carbonyl (C=O) groups is 2. The van der Waals surface area contributed by atoms with E-state index in [1.807, 2.05) is 6.07 Å². The molecule has 0 spiro atoms. The number of fused-ring (bicyclic) bond motifs is 1. The summed E-state index contributed by atoms with van der Waals surface area (Å²) in [4.78, 5) is 29.2. The first kappa shape index (κ1) is 18.4. The predicted octanol–water partition coefficient (Wildman–Crippen LogP) is 4.26. The third-order valence-electron chi connectivity index (χ3n) is 4.58. The fourth-order valence-electron chi connectivity index (χ4n) is 3.19. The highest BCUT2D eigenvalue weighted by atomic mass is 35.5. The number of nitrogens with one attached hydrogen (secondary N) is 2. The van der Waals surface area contributed by atoms with Crippen LogP contribution in [0.15, 0.2) is 54.7 Å². The zero-order valence-corrected chi connectivity index (χ0v) is 15.7. The Kier molecular flexibility index (Phi) is 5.23. The summed E-state index contributed by atoms with van der Waals surface area (Å²) in [6.45, 7) is 0.602. The van der Waals surface area contributed by atoms with E-state index in [1.165, 1.54) is 0 Å². The minimum absolute atomic E-state index is 0.190. The first-order valence-corrected chi connectivity index (χ1v) is 9.37. The number of ether oxygens (including phenoxy) is 1. The van der Waals surface area contributed by atoms with Crippen LogP contribution < -0.4 is 10.6 Å². The molecule has 2 amide bonds. The monoisotopic (exact) mass is 395 g/mol. The molecular weight excluding hydrogens is 378 g/mol. The van der Waals surface area contributed by atoms with Crippen molar-refractivity contribution in [2.45, 2.75) is 18.9 Å². The molecule has 1 atom stereocenters. The molecule has 4 rings (SSSR count). The molecule has 7 heteroatoms. The van der Waals surface area contributed by atoms with Crippen LogP contribution in [0, 0.1) is 0 Å². The molecule has 0 saturated carbocycles. The largest absolute Gasteiger partial charge is 0.368 e. The highest BCUT2D eigenvalue weighted by Gasteiger charge is 2.23. The second-order valence-corrected chi connectivity index (χ2v) is 6.93. The summed E-state index contributed by atoms with van der Waals surface area (Å²) in [6, 6.07) is 13.9. The number of pyridine rings is 1. The van der Waals surface area contributed by atoms with Gasteiger partial charge in [0.25, 0.3) is 11.8 Å². The average molecular weight is 396 g/mol. The van der Waals surface area contributed by atoms with E-state index in [2.05, 4.69) is 15.6 Å². The molecule has 0 aliphatic carbocycles. The number of amides is 2. The van der Waals surface area contributed by atoms with Crippen LogP contribution in [0.4, 0.5) is 11.4 Å². The van der Waals surface area contributed by atoms with Crippen molar-refractivity contribution in [3.05, 3.63) is 65.3 Å². The predicted molar refractivity (Wildman–Crippen MR) is 109 cm³/mol. The van der Waals surface area contributed by atoms with Crippen LogP contribution in [0.25, 0.3) is 10.9 Å². The van der Waals surface area contributed by atoms with Gasteiger partial charge in [-0.15, -0.1) is 0 Å². The molecule has 0 radical (unpaired) electrons. The lowest BCUT2D eigenvalue weighted by Gasteiger charge is -2.12. The van der Waals surface area contributed by atoms with Gasteiger partial charge < -0.3 is 15.4 Å². The highest BCUT2D eigenvalue weighted by molar-refractivity contribution is 6.35. The van der Waals surface area contributed by atoms with Crippen LogP contribution in [0.2, 0.25) is 5.02 Å². The van der Waals surface area contributed by atoms with Gasteiger partial charge in [0.2, 0.25) is 0 Å². The molecule has 6 nitrogen and oxygen atoms in total. The molecule has 1 aromatic heterocycles. The van der Waals surface area contributed by atoms with Crippen molar-refractivity contribution < 1.29 is 14.3 Å². The molecule has 1 fully saturated rings. The standard InChI is InChI=1S/C21H18ClN3O3/c22-16-8-9-17(15-6-2-10-23-19(15)16)25-20(26)13-4-1-5-14(12-13)24-21(27)18-7-3-11-28-18/h1-2,4-6,8-10,12,18H,3,7,11H2,(H,24,27)(H,25,26). The minimum atomic E-state index is -0.426. The van der Waals surface area contributed by atoms with E-state index in [9.17, 15) is 9.59 Å². The van der Waals surface area contributed by atoms with Gasteiger partial charge in [0.15, 0.2) is 0 Å². The fraction of sp³-hybridized carbons (Fsp3) is 0.190. The van der Waals surface area contributed by atoms with E-state index in [0.29, 0.717) is 40.5 Å². The maximum absolute atomic E-state index is 12.7. The summed E-state index contributed by atoms with van der Waals surface area (Å²) in [6.07, 6.45) is 2.82. The van der Waals surface area contributed by atoms with Gasteiger partial charge in [0.05, 0.1) is 16.2 Å². The second kappa shape index (κ2) is 7.96. The van der Waals surface area contributed by atoms with Gasteiger partial charge in [-0.2, -0.15) is 0 Å². The fourth-order valence-corrected chi connectivity index (χ4v) is 3.40. The summed E-state index contributed by atoms with van der Waals surface area (Å²) in [5, 5.41) is 6.97. The van der Waals surface area contributed by atoms with Crippen LogP contribution in [0.5, 0.6) is 0 Å². The van der Waals surface area contributed by atoms with Crippen molar-refractivity contribution in [1.82, 2.24) is 4.98 Å². The molecule has 1 aliphatic heterocycles. The molecule has 2 heterocycles. The molecule has 2 aromatic carbocycles. The van der Waals surface area contributed by atoms with Gasteiger partial charge in [0.1, 0.15) is 6.10 Å². The van der Waals surface area contributed by atoms with E-state index in [0.717, 1.165) is 11.8 Å². The Morgan fingerprint density at radius 1 is 1.11 bits per heavy atom. The van der Waals surface area contributed by atoms with E-state index < -0.39 is 6.10 Å². The number of nitrogens with zero attached hydrogens (tertiary/aromatic N) is 1. The second-order valence-electron chi connectivity index (χ2n) is 6.52. The van der Waals surface area contributed by atoms with Gasteiger partial charge in [-0.3, -0.25) is 14.6 Å². The Labute approximate surface area is 166 Å². The number of halogens is 1. The van der Waals surface area contributed by atoms with Crippen molar-refractivity contribution in [2.24, 2.45) is 0 Å². The van der Waals surface area contributed by atoms with E-state index in [4.69, 9.17) is 16.3 Å². The molecule has 1 aliphatic rings. The smallest absolute Gasteiger partial charge is 0.255 e. The number of aromatic nitrogens is 1. The van der Waals surface area contributed by atoms with Crippen molar-refractivity contribution >= 4 is 45.7 Å². The number of hydrogen-bond acceptors (Lipinski definition) is 4. The Morgan fingerprint density at radius 2 is 2.00 bits per heavy atom. The first-order chi connectivity index (χ1) is 13.6. The van der Waals surface area contributed by atoms with Gasteiger partial charge in [-0.05, 0) is 55.3 Å². The normalized spacial score (nSPS) is 16.1. The lowest BCUT2D eigenvalue weighted by Crippen LogP contribution is -2.27. The average Bonchev–Trinajstić information content (AvgIpc) is 3.25. The highest BCUT2D eigenvalue weighted by Crippen LogP contribution is 2.28. The summed E-state index contributed by atoms with van der Waals surface area (Å²) >= 11 is 6.18. The lowest BCUT2D eigenvalue weighted by molar-refractivity contribution is -0.124. The summed E-state index contributed by atoms with van der Waals surface area (Å²) in [7, 11) is 0. The molecule has 0 bridgehead atoms. The molecule has 1 saturated heterocycles. The van der Waals surface area contributed by atoms with Gasteiger partial charge in [-0.1, -0.05) is 17.7 Å². The zero-order valence-electron chi connectivity index (χ0n) is 14.9. The van der Waals surface area contributed by atoms with E-state index >= 15 is 0 Å². The maximum atomic E-state index is 12.7. The van der Waals surface area contributed by atoms with Crippen molar-refractivity contribution in [2.75, 3.05) is 17.2 Å². The van der Waals surface area contributed by atoms with Crippen molar-refractivity contribution in [1.29, 1.82) is 0 Å². The van der Waals surface area contributed by atoms with Crippen LogP contribution >= 0.6 is 11.6 Å².